The lowest BCUT2D eigenvalue weighted by Gasteiger charge is -2.36. The molecule has 2 rings (SSSR count). The molecule has 1 aliphatic carbocycles. The van der Waals surface area contributed by atoms with Gasteiger partial charge in [0.1, 0.15) is 5.82 Å². The highest BCUT2D eigenvalue weighted by atomic mass is 15.2. The normalized spacial score (nSPS) is 23.9. The monoisotopic (exact) mass is 248 g/mol. The zero-order valence-corrected chi connectivity index (χ0v) is 11.7. The van der Waals surface area contributed by atoms with Crippen LogP contribution < -0.4 is 10.2 Å². The first-order valence-corrected chi connectivity index (χ1v) is 6.90. The Balaban J connectivity index is 2.05. The highest BCUT2D eigenvalue weighted by Crippen LogP contribution is 2.29. The summed E-state index contributed by atoms with van der Waals surface area (Å²) in [6.45, 7) is 3.12. The lowest BCUT2D eigenvalue weighted by molar-refractivity contribution is 0.320. The summed E-state index contributed by atoms with van der Waals surface area (Å²) in [5.74, 6) is 1.75. The van der Waals surface area contributed by atoms with Crippen molar-refractivity contribution in [3.63, 3.8) is 0 Å². The van der Waals surface area contributed by atoms with E-state index in [1.54, 1.807) is 0 Å². The average Bonchev–Trinajstić information content (AvgIpc) is 2.40. The van der Waals surface area contributed by atoms with Crippen molar-refractivity contribution in [2.75, 3.05) is 19.0 Å². The number of hydrogen-bond acceptors (Lipinski definition) is 4. The van der Waals surface area contributed by atoms with Crippen LogP contribution in [-0.4, -0.2) is 30.1 Å². The van der Waals surface area contributed by atoms with Gasteiger partial charge in [-0.05, 0) is 25.8 Å². The fraction of sp³-hybridized carbons (Fsp3) is 0.714. The number of anilines is 1. The van der Waals surface area contributed by atoms with Gasteiger partial charge in [0.15, 0.2) is 0 Å². The van der Waals surface area contributed by atoms with Crippen LogP contribution >= 0.6 is 0 Å². The van der Waals surface area contributed by atoms with Crippen LogP contribution in [0.2, 0.25) is 0 Å². The highest BCUT2D eigenvalue weighted by molar-refractivity contribution is 5.36. The molecule has 18 heavy (non-hydrogen) atoms. The van der Waals surface area contributed by atoms with E-state index in [4.69, 9.17) is 0 Å². The largest absolute Gasteiger partial charge is 0.355 e. The van der Waals surface area contributed by atoms with Crippen molar-refractivity contribution in [3.8, 4) is 0 Å². The SMILES string of the molecule is CNCc1cnc(N(C)C2CCCCC2C)cn1. The van der Waals surface area contributed by atoms with Crippen LogP contribution in [0.4, 0.5) is 5.82 Å². The first kappa shape index (κ1) is 13.3. The van der Waals surface area contributed by atoms with E-state index in [0.717, 1.165) is 24.0 Å². The van der Waals surface area contributed by atoms with Crippen molar-refractivity contribution in [3.05, 3.63) is 18.1 Å². The Morgan fingerprint density at radius 2 is 2.06 bits per heavy atom. The Morgan fingerprint density at radius 3 is 2.67 bits per heavy atom. The fourth-order valence-electron chi connectivity index (χ4n) is 2.84. The maximum atomic E-state index is 4.53. The van der Waals surface area contributed by atoms with Gasteiger partial charge in [-0.2, -0.15) is 0 Å². The molecule has 0 bridgehead atoms. The molecule has 0 aliphatic heterocycles. The van der Waals surface area contributed by atoms with Crippen LogP contribution in [-0.2, 0) is 6.54 Å². The van der Waals surface area contributed by atoms with Gasteiger partial charge in [-0.3, -0.25) is 4.98 Å². The van der Waals surface area contributed by atoms with Gasteiger partial charge in [0.2, 0.25) is 0 Å². The summed E-state index contributed by atoms with van der Waals surface area (Å²) in [7, 11) is 4.07. The standard InChI is InChI=1S/C14H24N4/c1-11-6-4-5-7-13(11)18(3)14-10-16-12(8-15-2)9-17-14/h9-11,13,15H,4-8H2,1-3H3. The molecule has 1 saturated carbocycles. The highest BCUT2D eigenvalue weighted by Gasteiger charge is 2.25. The third-order valence-corrected chi connectivity index (χ3v) is 3.97. The summed E-state index contributed by atoms with van der Waals surface area (Å²) < 4.78 is 0. The Hall–Kier alpha value is -1.16. The van der Waals surface area contributed by atoms with E-state index >= 15 is 0 Å². The van der Waals surface area contributed by atoms with Crippen molar-refractivity contribution >= 4 is 5.82 Å². The number of nitrogens with zero attached hydrogens (tertiary/aromatic N) is 3. The van der Waals surface area contributed by atoms with Crippen molar-refractivity contribution < 1.29 is 0 Å². The number of hydrogen-bond donors (Lipinski definition) is 1. The predicted molar refractivity (Wildman–Crippen MR) is 74.6 cm³/mol. The second kappa shape index (κ2) is 6.14. The van der Waals surface area contributed by atoms with Gasteiger partial charge in [0, 0.05) is 19.6 Å². The molecule has 0 aromatic carbocycles. The smallest absolute Gasteiger partial charge is 0.147 e. The zero-order valence-electron chi connectivity index (χ0n) is 11.7. The molecule has 0 saturated heterocycles. The molecular weight excluding hydrogens is 224 g/mol. The molecule has 2 atom stereocenters. The minimum absolute atomic E-state index is 0.614. The molecular formula is C14H24N4. The Kier molecular flexibility index (Phi) is 4.53. The molecule has 4 heteroatoms. The molecule has 1 fully saturated rings. The van der Waals surface area contributed by atoms with Gasteiger partial charge in [-0.25, -0.2) is 4.98 Å². The summed E-state index contributed by atoms with van der Waals surface area (Å²) in [6.07, 6.45) is 9.09. The van der Waals surface area contributed by atoms with E-state index in [9.17, 15) is 0 Å². The maximum Gasteiger partial charge on any atom is 0.147 e. The van der Waals surface area contributed by atoms with Crippen LogP contribution in [0, 0.1) is 5.92 Å². The second-order valence-electron chi connectivity index (χ2n) is 5.34. The topological polar surface area (TPSA) is 41.1 Å². The van der Waals surface area contributed by atoms with Crippen LogP contribution in [0.3, 0.4) is 0 Å². The van der Waals surface area contributed by atoms with E-state index in [1.165, 1.54) is 25.7 Å². The van der Waals surface area contributed by atoms with Gasteiger partial charge < -0.3 is 10.2 Å². The summed E-state index contributed by atoms with van der Waals surface area (Å²) >= 11 is 0. The van der Waals surface area contributed by atoms with Crippen LogP contribution in [0.25, 0.3) is 0 Å². The molecule has 1 heterocycles. The Morgan fingerprint density at radius 1 is 1.28 bits per heavy atom. The molecule has 0 radical (unpaired) electrons. The fourth-order valence-corrected chi connectivity index (χ4v) is 2.84. The van der Waals surface area contributed by atoms with Crippen LogP contribution in [0.1, 0.15) is 38.3 Å². The predicted octanol–water partition coefficient (Wildman–Crippen LogP) is 2.21. The van der Waals surface area contributed by atoms with Gasteiger partial charge in [-0.15, -0.1) is 0 Å². The Bertz CT molecular complexity index is 363. The van der Waals surface area contributed by atoms with Crippen molar-refractivity contribution in [2.45, 2.75) is 45.2 Å². The van der Waals surface area contributed by atoms with Gasteiger partial charge in [0.05, 0.1) is 18.1 Å². The van der Waals surface area contributed by atoms with Gasteiger partial charge >= 0.3 is 0 Å². The maximum absolute atomic E-state index is 4.53. The van der Waals surface area contributed by atoms with Crippen molar-refractivity contribution in [1.29, 1.82) is 0 Å². The molecule has 1 aromatic heterocycles. The number of aromatic nitrogens is 2. The van der Waals surface area contributed by atoms with Crippen molar-refractivity contribution in [1.82, 2.24) is 15.3 Å². The molecule has 0 amide bonds. The van der Waals surface area contributed by atoms with Gasteiger partial charge in [-0.1, -0.05) is 19.8 Å². The summed E-state index contributed by atoms with van der Waals surface area (Å²) in [5, 5.41) is 3.09. The zero-order chi connectivity index (χ0) is 13.0. The quantitative estimate of drug-likeness (QED) is 0.887. The molecule has 0 spiro atoms. The van der Waals surface area contributed by atoms with Gasteiger partial charge in [0.25, 0.3) is 0 Å². The van der Waals surface area contributed by atoms with E-state index in [1.807, 2.05) is 19.4 Å². The number of rotatable bonds is 4. The van der Waals surface area contributed by atoms with E-state index in [2.05, 4.69) is 34.2 Å². The van der Waals surface area contributed by atoms with Crippen LogP contribution in [0.15, 0.2) is 12.4 Å². The number of nitrogens with one attached hydrogen (secondary N) is 1. The van der Waals surface area contributed by atoms with E-state index in [-0.39, 0.29) is 0 Å². The molecule has 2 unspecified atom stereocenters. The molecule has 1 aromatic rings. The second-order valence-corrected chi connectivity index (χ2v) is 5.34. The minimum atomic E-state index is 0.614. The van der Waals surface area contributed by atoms with Crippen molar-refractivity contribution in [2.24, 2.45) is 5.92 Å². The molecule has 1 N–H and O–H groups in total. The lowest BCUT2D eigenvalue weighted by atomic mass is 9.85. The van der Waals surface area contributed by atoms with E-state index in [0.29, 0.717) is 6.04 Å². The molecule has 100 valence electrons. The summed E-state index contributed by atoms with van der Waals surface area (Å²) in [5.41, 5.74) is 0.992. The summed E-state index contributed by atoms with van der Waals surface area (Å²) in [4.78, 5) is 11.3. The van der Waals surface area contributed by atoms with Crippen LogP contribution in [0.5, 0.6) is 0 Å². The third kappa shape index (κ3) is 2.99. The third-order valence-electron chi connectivity index (χ3n) is 3.97. The average molecular weight is 248 g/mol. The van der Waals surface area contributed by atoms with E-state index < -0.39 is 0 Å². The first-order valence-electron chi connectivity index (χ1n) is 6.90. The first-order chi connectivity index (χ1) is 8.72. The Labute approximate surface area is 110 Å². The molecule has 4 nitrogen and oxygen atoms in total. The molecule has 1 aliphatic rings. The lowest BCUT2D eigenvalue weighted by Crippen LogP contribution is -2.39. The minimum Gasteiger partial charge on any atom is -0.355 e. The summed E-state index contributed by atoms with van der Waals surface area (Å²) in [6, 6.07) is 0.614.